The third-order valence-electron chi connectivity index (χ3n) is 2.75. The molecule has 2 rings (SSSR count). The summed E-state index contributed by atoms with van der Waals surface area (Å²) in [6.45, 7) is 2.84. The second kappa shape index (κ2) is 6.92. The van der Waals surface area contributed by atoms with Gasteiger partial charge in [0.05, 0.1) is 13.2 Å². The van der Waals surface area contributed by atoms with Gasteiger partial charge in [-0.2, -0.15) is 4.98 Å². The van der Waals surface area contributed by atoms with Gasteiger partial charge in [0.15, 0.2) is 5.82 Å². The van der Waals surface area contributed by atoms with Crippen LogP contribution >= 0.6 is 15.9 Å². The highest BCUT2D eigenvalue weighted by molar-refractivity contribution is 9.10. The molecule has 2 aromatic rings. The van der Waals surface area contributed by atoms with Crippen LogP contribution in [0.4, 0.5) is 4.39 Å². The topological polar surface area (TPSA) is 62.4 Å². The van der Waals surface area contributed by atoms with E-state index in [9.17, 15) is 4.39 Å². The lowest BCUT2D eigenvalue weighted by Crippen LogP contribution is -2.27. The number of benzene rings is 1. The Labute approximate surface area is 124 Å². The molecular formula is C13H15BrFN3O2. The molecule has 0 aliphatic carbocycles. The van der Waals surface area contributed by atoms with Crippen LogP contribution in [-0.2, 0) is 13.1 Å². The second-order valence-corrected chi connectivity index (χ2v) is 5.32. The zero-order valence-electron chi connectivity index (χ0n) is 11.0. The fraction of sp³-hybridized carbons (Fsp3) is 0.385. The zero-order chi connectivity index (χ0) is 14.5. The fourth-order valence-corrected chi connectivity index (χ4v) is 2.27. The summed E-state index contributed by atoms with van der Waals surface area (Å²) >= 11 is 3.32. The molecule has 0 aliphatic heterocycles. The Balaban J connectivity index is 2.10. The summed E-state index contributed by atoms with van der Waals surface area (Å²) in [5.41, 5.74) is 0.549. The Bertz CT molecular complexity index is 576. The molecule has 0 aliphatic rings. The van der Waals surface area contributed by atoms with E-state index in [4.69, 9.17) is 9.63 Å². The Kier molecular flexibility index (Phi) is 5.22. The van der Waals surface area contributed by atoms with Gasteiger partial charge >= 0.3 is 0 Å². The number of aliphatic hydroxyl groups excluding tert-OH is 1. The third kappa shape index (κ3) is 4.09. The maximum absolute atomic E-state index is 13.8. The first-order valence-corrected chi connectivity index (χ1v) is 6.94. The van der Waals surface area contributed by atoms with Gasteiger partial charge in [0.1, 0.15) is 5.82 Å². The number of hydrogen-bond acceptors (Lipinski definition) is 5. The number of halogens is 2. The molecule has 0 radical (unpaired) electrons. The number of nitrogens with zero attached hydrogens (tertiary/aromatic N) is 3. The van der Waals surface area contributed by atoms with Crippen LogP contribution in [0.15, 0.2) is 27.2 Å². The van der Waals surface area contributed by atoms with Crippen molar-refractivity contribution in [2.75, 3.05) is 13.2 Å². The highest BCUT2D eigenvalue weighted by Gasteiger charge is 2.13. The average Bonchev–Trinajstić information content (AvgIpc) is 2.79. The summed E-state index contributed by atoms with van der Waals surface area (Å²) in [6, 6.07) is 4.79. The van der Waals surface area contributed by atoms with E-state index in [0.717, 1.165) is 4.47 Å². The predicted molar refractivity (Wildman–Crippen MR) is 74.3 cm³/mol. The van der Waals surface area contributed by atoms with E-state index in [-0.39, 0.29) is 12.4 Å². The lowest BCUT2D eigenvalue weighted by molar-refractivity contribution is 0.178. The smallest absolute Gasteiger partial charge is 0.223 e. The van der Waals surface area contributed by atoms with Gasteiger partial charge in [-0.3, -0.25) is 4.90 Å². The van der Waals surface area contributed by atoms with Gasteiger partial charge in [0, 0.05) is 30.0 Å². The van der Waals surface area contributed by atoms with Crippen molar-refractivity contribution in [2.24, 2.45) is 0 Å². The maximum Gasteiger partial charge on any atom is 0.223 e. The molecule has 0 saturated carbocycles. The van der Waals surface area contributed by atoms with Crippen molar-refractivity contribution >= 4 is 15.9 Å². The summed E-state index contributed by atoms with van der Waals surface area (Å²) < 4.78 is 19.5. The summed E-state index contributed by atoms with van der Waals surface area (Å²) in [5, 5.41) is 12.9. The quantitative estimate of drug-likeness (QED) is 0.871. The molecular weight excluding hydrogens is 329 g/mol. The Morgan fingerprint density at radius 2 is 2.20 bits per heavy atom. The average molecular weight is 344 g/mol. The molecule has 0 amide bonds. The first-order valence-electron chi connectivity index (χ1n) is 6.15. The van der Waals surface area contributed by atoms with Crippen LogP contribution in [0.1, 0.15) is 17.3 Å². The summed E-state index contributed by atoms with van der Waals surface area (Å²) in [7, 11) is 0. The van der Waals surface area contributed by atoms with Crippen LogP contribution < -0.4 is 0 Å². The number of aryl methyl sites for hydroxylation is 1. The van der Waals surface area contributed by atoms with Gasteiger partial charge in [-0.25, -0.2) is 4.39 Å². The largest absolute Gasteiger partial charge is 0.395 e. The summed E-state index contributed by atoms with van der Waals surface area (Å²) in [6.07, 6.45) is 0. The molecule has 0 unspecified atom stereocenters. The molecule has 5 nitrogen and oxygen atoms in total. The van der Waals surface area contributed by atoms with E-state index >= 15 is 0 Å². The number of aromatic nitrogens is 2. The SMILES string of the molecule is Cc1nc(CN(CCO)Cc2cc(Br)ccc2F)no1. The van der Waals surface area contributed by atoms with Gasteiger partial charge in [-0.05, 0) is 18.2 Å². The molecule has 0 saturated heterocycles. The molecule has 0 spiro atoms. The van der Waals surface area contributed by atoms with Crippen molar-refractivity contribution in [3.8, 4) is 0 Å². The maximum atomic E-state index is 13.8. The molecule has 1 heterocycles. The van der Waals surface area contributed by atoms with Crippen LogP contribution in [0.5, 0.6) is 0 Å². The standard InChI is InChI=1S/C13H15BrFN3O2/c1-9-16-13(17-20-9)8-18(4-5-19)7-10-6-11(14)2-3-12(10)15/h2-3,6,19H,4-5,7-8H2,1H3. The van der Waals surface area contributed by atoms with Crippen LogP contribution in [0, 0.1) is 12.7 Å². The Hall–Kier alpha value is -1.31. The highest BCUT2D eigenvalue weighted by Crippen LogP contribution is 2.18. The van der Waals surface area contributed by atoms with E-state index in [1.54, 1.807) is 19.1 Å². The van der Waals surface area contributed by atoms with Crippen molar-refractivity contribution in [3.63, 3.8) is 0 Å². The third-order valence-corrected chi connectivity index (χ3v) is 3.25. The molecule has 1 aromatic carbocycles. The lowest BCUT2D eigenvalue weighted by atomic mass is 10.2. The Morgan fingerprint density at radius 1 is 1.40 bits per heavy atom. The zero-order valence-corrected chi connectivity index (χ0v) is 12.6. The van der Waals surface area contributed by atoms with E-state index < -0.39 is 0 Å². The monoisotopic (exact) mass is 343 g/mol. The molecule has 0 atom stereocenters. The molecule has 108 valence electrons. The van der Waals surface area contributed by atoms with Gasteiger partial charge in [0.25, 0.3) is 0 Å². The first kappa shape index (κ1) is 15.1. The Morgan fingerprint density at radius 3 is 2.85 bits per heavy atom. The van der Waals surface area contributed by atoms with Gasteiger partial charge in [-0.1, -0.05) is 21.1 Å². The molecule has 1 N–H and O–H groups in total. The minimum Gasteiger partial charge on any atom is -0.395 e. The van der Waals surface area contributed by atoms with Crippen molar-refractivity contribution in [1.82, 2.24) is 15.0 Å². The summed E-state index contributed by atoms with van der Waals surface area (Å²) in [5.74, 6) is 0.726. The molecule has 0 bridgehead atoms. The van der Waals surface area contributed by atoms with Crippen LogP contribution in [-0.4, -0.2) is 33.3 Å². The van der Waals surface area contributed by atoms with Gasteiger partial charge < -0.3 is 9.63 Å². The van der Waals surface area contributed by atoms with Gasteiger partial charge in [-0.15, -0.1) is 0 Å². The predicted octanol–water partition coefficient (Wildman–Crippen LogP) is 2.27. The van der Waals surface area contributed by atoms with Crippen molar-refractivity contribution in [2.45, 2.75) is 20.0 Å². The van der Waals surface area contributed by atoms with E-state index in [1.807, 2.05) is 4.90 Å². The second-order valence-electron chi connectivity index (χ2n) is 4.40. The van der Waals surface area contributed by atoms with Crippen molar-refractivity contribution in [1.29, 1.82) is 0 Å². The van der Waals surface area contributed by atoms with Crippen LogP contribution in [0.2, 0.25) is 0 Å². The van der Waals surface area contributed by atoms with Crippen molar-refractivity contribution < 1.29 is 14.0 Å². The van der Waals surface area contributed by atoms with Crippen LogP contribution in [0.3, 0.4) is 0 Å². The molecule has 1 aromatic heterocycles. The molecule has 7 heteroatoms. The van der Waals surface area contributed by atoms with Gasteiger partial charge in [0.2, 0.25) is 5.89 Å². The fourth-order valence-electron chi connectivity index (χ4n) is 1.87. The normalized spacial score (nSPS) is 11.2. The molecule has 20 heavy (non-hydrogen) atoms. The first-order chi connectivity index (χ1) is 9.58. The number of hydrogen-bond donors (Lipinski definition) is 1. The minimum absolute atomic E-state index is 0.0214. The van der Waals surface area contributed by atoms with E-state index in [1.165, 1.54) is 6.07 Å². The summed E-state index contributed by atoms with van der Waals surface area (Å²) in [4.78, 5) is 5.97. The number of aliphatic hydroxyl groups is 1. The highest BCUT2D eigenvalue weighted by atomic mass is 79.9. The molecule has 0 fully saturated rings. The van der Waals surface area contributed by atoms with E-state index in [0.29, 0.717) is 36.9 Å². The van der Waals surface area contributed by atoms with Crippen LogP contribution in [0.25, 0.3) is 0 Å². The lowest BCUT2D eigenvalue weighted by Gasteiger charge is -2.20. The minimum atomic E-state index is -0.277. The number of rotatable bonds is 6. The van der Waals surface area contributed by atoms with E-state index in [2.05, 4.69) is 26.1 Å². The van der Waals surface area contributed by atoms with Crippen molar-refractivity contribution in [3.05, 3.63) is 45.8 Å².